The van der Waals surface area contributed by atoms with Crippen molar-refractivity contribution < 1.29 is 14.3 Å². The van der Waals surface area contributed by atoms with Gasteiger partial charge in [0, 0.05) is 32.4 Å². The third-order valence-corrected chi connectivity index (χ3v) is 4.10. The summed E-state index contributed by atoms with van der Waals surface area (Å²) in [4.78, 5) is 29.6. The van der Waals surface area contributed by atoms with Gasteiger partial charge in [0.1, 0.15) is 18.2 Å². The number of hydrogen-bond donors (Lipinski definition) is 2. The molecular weight excluding hydrogens is 332 g/mol. The summed E-state index contributed by atoms with van der Waals surface area (Å²) < 4.78 is 5.69. The normalized spacial score (nSPS) is 12.8. The van der Waals surface area contributed by atoms with Crippen molar-refractivity contribution in [2.24, 2.45) is 0 Å². The van der Waals surface area contributed by atoms with E-state index in [1.165, 1.54) is 0 Å². The van der Waals surface area contributed by atoms with Gasteiger partial charge in [-0.25, -0.2) is 4.98 Å². The monoisotopic (exact) mass is 354 g/mol. The highest BCUT2D eigenvalue weighted by atomic mass is 16.5. The molecule has 0 radical (unpaired) electrons. The maximum absolute atomic E-state index is 12.1. The fraction of sp³-hybridized carbons (Fsp3) is 0.316. The zero-order chi connectivity index (χ0) is 18.5. The number of fused-ring (bicyclic) bond motifs is 1. The molecule has 136 valence electrons. The minimum absolute atomic E-state index is 0.0435. The van der Waals surface area contributed by atoms with Gasteiger partial charge in [-0.3, -0.25) is 9.59 Å². The molecule has 2 amide bonds. The zero-order valence-corrected chi connectivity index (χ0v) is 14.9. The Labute approximate surface area is 152 Å². The number of aromatic nitrogens is 1. The topological polar surface area (TPSA) is 83.6 Å². The van der Waals surface area contributed by atoms with Gasteiger partial charge in [0.05, 0.1) is 12.1 Å². The van der Waals surface area contributed by atoms with E-state index in [1.54, 1.807) is 18.3 Å². The number of nitrogens with one attached hydrogen (secondary N) is 2. The van der Waals surface area contributed by atoms with E-state index in [0.717, 1.165) is 22.8 Å². The molecule has 1 aromatic carbocycles. The van der Waals surface area contributed by atoms with Crippen molar-refractivity contribution in [3.8, 4) is 5.75 Å². The van der Waals surface area contributed by atoms with E-state index >= 15 is 0 Å². The Morgan fingerprint density at radius 3 is 2.85 bits per heavy atom. The van der Waals surface area contributed by atoms with Crippen molar-refractivity contribution in [1.29, 1.82) is 0 Å². The third kappa shape index (κ3) is 4.30. The molecule has 7 heteroatoms. The average Bonchev–Trinajstić information content (AvgIpc) is 2.65. The van der Waals surface area contributed by atoms with Gasteiger partial charge in [-0.2, -0.15) is 0 Å². The van der Waals surface area contributed by atoms with Gasteiger partial charge in [-0.1, -0.05) is 0 Å². The molecule has 0 saturated heterocycles. The lowest BCUT2D eigenvalue weighted by Gasteiger charge is -2.17. The fourth-order valence-electron chi connectivity index (χ4n) is 2.67. The SMILES string of the molecule is CN(C)c1ccc(C(=O)NCCOc2ccc3c(c2)CCC(=O)N3)cn1. The molecule has 7 nitrogen and oxygen atoms in total. The van der Waals surface area contributed by atoms with E-state index in [1.807, 2.05) is 37.2 Å². The number of carbonyl (C=O) groups excluding carboxylic acids is 2. The molecule has 0 saturated carbocycles. The van der Waals surface area contributed by atoms with Crippen LogP contribution in [0.2, 0.25) is 0 Å². The van der Waals surface area contributed by atoms with Crippen LogP contribution in [0, 0.1) is 0 Å². The highest BCUT2D eigenvalue weighted by molar-refractivity contribution is 5.94. The predicted molar refractivity (Wildman–Crippen MR) is 99.8 cm³/mol. The maximum Gasteiger partial charge on any atom is 0.252 e. The van der Waals surface area contributed by atoms with E-state index in [4.69, 9.17) is 4.74 Å². The number of aryl methyl sites for hydroxylation is 1. The number of rotatable bonds is 6. The van der Waals surface area contributed by atoms with Crippen LogP contribution in [-0.4, -0.2) is 44.0 Å². The van der Waals surface area contributed by atoms with Crippen LogP contribution < -0.4 is 20.3 Å². The number of benzene rings is 1. The van der Waals surface area contributed by atoms with Crippen molar-refractivity contribution in [2.45, 2.75) is 12.8 Å². The molecule has 2 N–H and O–H groups in total. The number of ether oxygens (including phenoxy) is 1. The van der Waals surface area contributed by atoms with Crippen molar-refractivity contribution in [2.75, 3.05) is 37.5 Å². The first kappa shape index (κ1) is 17.7. The Balaban J connectivity index is 1.46. The Hall–Kier alpha value is -3.09. The molecule has 0 atom stereocenters. The van der Waals surface area contributed by atoms with Crippen LogP contribution in [0.3, 0.4) is 0 Å². The molecule has 0 unspecified atom stereocenters. The summed E-state index contributed by atoms with van der Waals surface area (Å²) in [6.45, 7) is 0.752. The summed E-state index contributed by atoms with van der Waals surface area (Å²) in [5, 5.41) is 5.65. The summed E-state index contributed by atoms with van der Waals surface area (Å²) in [6.07, 6.45) is 2.77. The Morgan fingerprint density at radius 1 is 1.27 bits per heavy atom. The second kappa shape index (κ2) is 7.86. The van der Waals surface area contributed by atoms with Gasteiger partial charge in [0.2, 0.25) is 5.91 Å². The van der Waals surface area contributed by atoms with Crippen molar-refractivity contribution >= 4 is 23.3 Å². The lowest BCUT2D eigenvalue weighted by molar-refractivity contribution is -0.116. The van der Waals surface area contributed by atoms with Gasteiger partial charge < -0.3 is 20.3 Å². The van der Waals surface area contributed by atoms with E-state index in [2.05, 4.69) is 15.6 Å². The summed E-state index contributed by atoms with van der Waals surface area (Å²) in [6, 6.07) is 9.14. The van der Waals surface area contributed by atoms with E-state index < -0.39 is 0 Å². The second-order valence-corrected chi connectivity index (χ2v) is 6.27. The first-order chi connectivity index (χ1) is 12.5. The minimum Gasteiger partial charge on any atom is -0.492 e. The molecule has 1 aliphatic heterocycles. The van der Waals surface area contributed by atoms with Crippen LogP contribution in [0.25, 0.3) is 0 Å². The standard InChI is InChI=1S/C19H22N4O3/c1-23(2)17-7-3-14(12-21-17)19(25)20-9-10-26-15-5-6-16-13(11-15)4-8-18(24)22-16/h3,5-7,11-12H,4,8-10H2,1-2H3,(H,20,25)(H,22,24). The average molecular weight is 354 g/mol. The van der Waals surface area contributed by atoms with Crippen molar-refractivity contribution in [3.05, 3.63) is 47.7 Å². The number of amides is 2. The molecule has 0 spiro atoms. The van der Waals surface area contributed by atoms with Crippen molar-refractivity contribution in [3.63, 3.8) is 0 Å². The molecule has 0 fully saturated rings. The summed E-state index contributed by atoms with van der Waals surface area (Å²) in [7, 11) is 3.79. The van der Waals surface area contributed by atoms with Crippen LogP contribution >= 0.6 is 0 Å². The highest BCUT2D eigenvalue weighted by Gasteiger charge is 2.15. The van der Waals surface area contributed by atoms with Crippen LogP contribution in [0.4, 0.5) is 11.5 Å². The quantitative estimate of drug-likeness (QED) is 0.774. The Morgan fingerprint density at radius 2 is 2.12 bits per heavy atom. The second-order valence-electron chi connectivity index (χ2n) is 6.27. The molecule has 1 aliphatic rings. The largest absolute Gasteiger partial charge is 0.492 e. The molecular formula is C19H22N4O3. The first-order valence-corrected chi connectivity index (χ1v) is 8.50. The van der Waals surface area contributed by atoms with Crippen molar-refractivity contribution in [1.82, 2.24) is 10.3 Å². The van der Waals surface area contributed by atoms with Crippen LogP contribution in [0.1, 0.15) is 22.3 Å². The predicted octanol–water partition coefficient (Wildman–Crippen LogP) is 1.84. The summed E-state index contributed by atoms with van der Waals surface area (Å²) in [5.74, 6) is 1.39. The minimum atomic E-state index is -0.181. The molecule has 3 rings (SSSR count). The third-order valence-electron chi connectivity index (χ3n) is 4.10. The molecule has 1 aromatic heterocycles. The smallest absolute Gasteiger partial charge is 0.252 e. The zero-order valence-electron chi connectivity index (χ0n) is 14.9. The molecule has 26 heavy (non-hydrogen) atoms. The van der Waals surface area contributed by atoms with E-state index in [-0.39, 0.29) is 11.8 Å². The molecule has 0 bridgehead atoms. The van der Waals surface area contributed by atoms with E-state index in [9.17, 15) is 9.59 Å². The van der Waals surface area contributed by atoms with E-state index in [0.29, 0.717) is 31.6 Å². The van der Waals surface area contributed by atoms with Gasteiger partial charge in [-0.15, -0.1) is 0 Å². The lowest BCUT2D eigenvalue weighted by Crippen LogP contribution is -2.28. The first-order valence-electron chi connectivity index (χ1n) is 8.50. The van der Waals surface area contributed by atoms with Gasteiger partial charge in [-0.05, 0) is 42.3 Å². The summed E-state index contributed by atoms with van der Waals surface area (Å²) >= 11 is 0. The highest BCUT2D eigenvalue weighted by Crippen LogP contribution is 2.26. The van der Waals surface area contributed by atoms with Crippen LogP contribution in [-0.2, 0) is 11.2 Å². The molecule has 2 heterocycles. The van der Waals surface area contributed by atoms with Crippen LogP contribution in [0.15, 0.2) is 36.5 Å². The number of carbonyl (C=O) groups is 2. The Bertz CT molecular complexity index is 803. The molecule has 0 aliphatic carbocycles. The molecule has 2 aromatic rings. The van der Waals surface area contributed by atoms with Gasteiger partial charge in [0.25, 0.3) is 5.91 Å². The fourth-order valence-corrected chi connectivity index (χ4v) is 2.67. The lowest BCUT2D eigenvalue weighted by atomic mass is 10.0. The van der Waals surface area contributed by atoms with Crippen LogP contribution in [0.5, 0.6) is 5.75 Å². The van der Waals surface area contributed by atoms with Gasteiger partial charge in [0.15, 0.2) is 0 Å². The number of anilines is 2. The Kier molecular flexibility index (Phi) is 5.36. The summed E-state index contributed by atoms with van der Waals surface area (Å²) in [5.41, 5.74) is 2.42. The number of nitrogens with zero attached hydrogens (tertiary/aromatic N) is 2. The maximum atomic E-state index is 12.1. The number of pyridine rings is 1. The van der Waals surface area contributed by atoms with Gasteiger partial charge >= 0.3 is 0 Å². The number of hydrogen-bond acceptors (Lipinski definition) is 5.